The van der Waals surface area contributed by atoms with E-state index in [4.69, 9.17) is 9.47 Å². The largest absolute Gasteiger partial charge is 0.484 e. The summed E-state index contributed by atoms with van der Waals surface area (Å²) in [6, 6.07) is 8.45. The summed E-state index contributed by atoms with van der Waals surface area (Å²) in [5.74, 6) is -0.504. The second-order valence-corrected chi connectivity index (χ2v) is 13.6. The monoisotopic (exact) mass is 506 g/mol. The fourth-order valence-corrected chi connectivity index (χ4v) is 2.21. The Kier molecular flexibility index (Phi) is 8.42. The van der Waals surface area contributed by atoms with E-state index in [1.807, 2.05) is 20.8 Å². The molecule has 1 aliphatic rings. The SMILES string of the molecule is CC(C)(C)Oc1ccccc1OC1C(=O)N=C(c2ncccn2)NC1=O.O=P(Cl)(Cl)Cl. The Morgan fingerprint density at radius 2 is 1.55 bits per heavy atom. The number of para-hydroxylation sites is 2. The van der Waals surface area contributed by atoms with Crippen molar-refractivity contribution in [2.45, 2.75) is 32.5 Å². The maximum Gasteiger partial charge on any atom is 0.339 e. The van der Waals surface area contributed by atoms with Gasteiger partial charge in [-0.3, -0.25) is 14.2 Å². The number of nitrogens with one attached hydrogen (secondary N) is 1. The van der Waals surface area contributed by atoms with E-state index in [0.29, 0.717) is 5.75 Å². The Balaban J connectivity index is 0.000000614. The van der Waals surface area contributed by atoms with Gasteiger partial charge in [0.25, 0.3) is 17.9 Å². The number of carbonyl (C=O) groups excluding carboxylic acids is 2. The maximum absolute atomic E-state index is 12.4. The summed E-state index contributed by atoms with van der Waals surface area (Å²) in [4.78, 5) is 36.4. The lowest BCUT2D eigenvalue weighted by atomic mass is 10.2. The molecule has 3 rings (SSSR count). The molecule has 2 heterocycles. The number of amides is 2. The molecule has 13 heteroatoms. The van der Waals surface area contributed by atoms with Crippen LogP contribution in [0.25, 0.3) is 0 Å². The Morgan fingerprint density at radius 1 is 1.00 bits per heavy atom. The maximum atomic E-state index is 12.4. The number of aliphatic imine (C=N–C) groups is 1. The number of benzene rings is 1. The van der Waals surface area contributed by atoms with Crippen LogP contribution in [0.1, 0.15) is 26.6 Å². The van der Waals surface area contributed by atoms with Crippen molar-refractivity contribution in [1.82, 2.24) is 15.3 Å². The van der Waals surface area contributed by atoms with Crippen LogP contribution in [-0.2, 0) is 14.2 Å². The number of amidine groups is 1. The first-order valence-corrected chi connectivity index (χ1v) is 13.1. The molecular formula is C18H18Cl3N4O5P. The molecule has 2 aromatic rings. The first-order chi connectivity index (χ1) is 14.3. The minimum atomic E-state index is -3.22. The molecule has 1 N–H and O–H groups in total. The van der Waals surface area contributed by atoms with E-state index in [2.05, 4.69) is 54.0 Å². The molecule has 166 valence electrons. The molecule has 0 spiro atoms. The topological polar surface area (TPSA) is 120 Å². The van der Waals surface area contributed by atoms with Crippen LogP contribution in [0.2, 0.25) is 0 Å². The predicted molar refractivity (Wildman–Crippen MR) is 118 cm³/mol. The van der Waals surface area contributed by atoms with Crippen LogP contribution in [0.15, 0.2) is 47.7 Å². The lowest BCUT2D eigenvalue weighted by Crippen LogP contribution is -2.51. The van der Waals surface area contributed by atoms with E-state index in [0.717, 1.165) is 0 Å². The van der Waals surface area contributed by atoms with Gasteiger partial charge in [0.05, 0.1) is 0 Å². The van der Waals surface area contributed by atoms with Gasteiger partial charge in [-0.25, -0.2) is 9.97 Å². The summed E-state index contributed by atoms with van der Waals surface area (Å²) in [7, 11) is 0. The number of carbonyl (C=O) groups is 2. The molecule has 1 aliphatic heterocycles. The highest BCUT2D eigenvalue weighted by atomic mass is 36.0. The van der Waals surface area contributed by atoms with Gasteiger partial charge in [0.1, 0.15) is 5.60 Å². The summed E-state index contributed by atoms with van der Waals surface area (Å²) in [5.41, 5.74) is -0.464. The van der Waals surface area contributed by atoms with Crippen molar-refractivity contribution in [2.24, 2.45) is 4.99 Å². The third kappa shape index (κ3) is 8.83. The van der Waals surface area contributed by atoms with Gasteiger partial charge in [0.2, 0.25) is 0 Å². The van der Waals surface area contributed by atoms with Crippen LogP contribution >= 0.6 is 38.9 Å². The number of nitrogens with zero attached hydrogens (tertiary/aromatic N) is 3. The zero-order valence-electron chi connectivity index (χ0n) is 16.6. The summed E-state index contributed by atoms with van der Waals surface area (Å²) in [6.07, 6.45) is 1.57. The van der Waals surface area contributed by atoms with Gasteiger partial charge in [-0.1, -0.05) is 12.1 Å². The molecule has 0 bridgehead atoms. The zero-order chi connectivity index (χ0) is 23.2. The highest BCUT2D eigenvalue weighted by Crippen LogP contribution is 2.61. The van der Waals surface area contributed by atoms with Crippen LogP contribution < -0.4 is 14.8 Å². The number of aromatic nitrogens is 2. The van der Waals surface area contributed by atoms with Gasteiger partial charge in [-0.05, 0) is 72.7 Å². The van der Waals surface area contributed by atoms with Crippen molar-refractivity contribution < 1.29 is 23.6 Å². The fourth-order valence-electron chi connectivity index (χ4n) is 2.21. The van der Waals surface area contributed by atoms with Crippen LogP contribution in [-0.4, -0.2) is 39.3 Å². The Labute approximate surface area is 192 Å². The summed E-state index contributed by atoms with van der Waals surface area (Å²) in [5, 5.41) is -0.722. The molecule has 0 saturated heterocycles. The third-order valence-corrected chi connectivity index (χ3v) is 3.21. The molecule has 0 fully saturated rings. The van der Waals surface area contributed by atoms with Crippen LogP contribution in [0.4, 0.5) is 0 Å². The van der Waals surface area contributed by atoms with Gasteiger partial charge in [-0.15, -0.1) is 0 Å². The quantitative estimate of drug-likeness (QED) is 0.483. The second-order valence-electron chi connectivity index (χ2n) is 6.92. The lowest BCUT2D eigenvalue weighted by molar-refractivity contribution is -0.137. The number of hydrogen-bond donors (Lipinski definition) is 1. The smallest absolute Gasteiger partial charge is 0.339 e. The van der Waals surface area contributed by atoms with E-state index in [1.165, 1.54) is 12.4 Å². The Hall–Kier alpha value is -2.19. The van der Waals surface area contributed by atoms with Crippen LogP contribution in [0.5, 0.6) is 11.5 Å². The summed E-state index contributed by atoms with van der Waals surface area (Å²) < 4.78 is 20.9. The normalized spacial score (nSPS) is 16.5. The molecule has 2 amide bonds. The molecule has 1 aromatic heterocycles. The van der Waals surface area contributed by atoms with E-state index in [-0.39, 0.29) is 17.4 Å². The Bertz CT molecular complexity index is 1020. The summed E-state index contributed by atoms with van der Waals surface area (Å²) >= 11 is 13.8. The molecule has 1 unspecified atom stereocenters. The first kappa shape index (κ1) is 25.1. The number of ether oxygens (including phenoxy) is 2. The minimum Gasteiger partial charge on any atom is -0.484 e. The van der Waals surface area contributed by atoms with Crippen molar-refractivity contribution in [3.63, 3.8) is 0 Å². The van der Waals surface area contributed by atoms with Crippen molar-refractivity contribution >= 4 is 56.6 Å². The molecule has 31 heavy (non-hydrogen) atoms. The van der Waals surface area contributed by atoms with Gasteiger partial charge in [0, 0.05) is 12.4 Å². The van der Waals surface area contributed by atoms with E-state index in [1.54, 1.807) is 30.3 Å². The highest BCUT2D eigenvalue weighted by Gasteiger charge is 2.36. The molecule has 0 saturated carbocycles. The number of rotatable bonds is 4. The van der Waals surface area contributed by atoms with Crippen LogP contribution in [0, 0.1) is 0 Å². The molecule has 0 aliphatic carbocycles. The van der Waals surface area contributed by atoms with Crippen molar-refractivity contribution in [2.75, 3.05) is 0 Å². The molecule has 0 radical (unpaired) electrons. The fraction of sp³-hybridized carbons (Fsp3) is 0.278. The van der Waals surface area contributed by atoms with Crippen LogP contribution in [0.3, 0.4) is 0 Å². The standard InChI is InChI=1S/C18H18N4O4.Cl3OP/c1-18(2,3)26-12-8-5-4-7-11(12)25-13-16(23)21-15(22-17(13)24)14-19-9-6-10-20-14;1-5(2,3)4/h4-10,13H,1-3H3,(H,21,22,23,24);. The average Bonchev–Trinajstić information content (AvgIpc) is 2.64. The third-order valence-electron chi connectivity index (χ3n) is 3.21. The molecule has 9 nitrogen and oxygen atoms in total. The second kappa shape index (κ2) is 10.4. The Morgan fingerprint density at radius 3 is 2.06 bits per heavy atom. The van der Waals surface area contributed by atoms with E-state index in [9.17, 15) is 14.2 Å². The van der Waals surface area contributed by atoms with E-state index < -0.39 is 28.7 Å². The predicted octanol–water partition coefficient (Wildman–Crippen LogP) is 4.32. The molecular weight excluding hydrogens is 490 g/mol. The zero-order valence-corrected chi connectivity index (χ0v) is 19.7. The van der Waals surface area contributed by atoms with Crippen molar-refractivity contribution in [1.29, 1.82) is 0 Å². The molecule has 1 aromatic carbocycles. The van der Waals surface area contributed by atoms with Gasteiger partial charge in [-0.2, -0.15) is 4.99 Å². The van der Waals surface area contributed by atoms with Crippen molar-refractivity contribution in [3.05, 3.63) is 48.5 Å². The first-order valence-electron chi connectivity index (χ1n) is 8.68. The van der Waals surface area contributed by atoms with Gasteiger partial charge in [0.15, 0.2) is 23.2 Å². The highest BCUT2D eigenvalue weighted by molar-refractivity contribution is 8.24. The van der Waals surface area contributed by atoms with Crippen molar-refractivity contribution in [3.8, 4) is 11.5 Å². The van der Waals surface area contributed by atoms with Gasteiger partial charge >= 0.3 is 5.20 Å². The lowest BCUT2D eigenvalue weighted by Gasteiger charge is -2.25. The average molecular weight is 508 g/mol. The van der Waals surface area contributed by atoms with E-state index >= 15 is 0 Å². The van der Waals surface area contributed by atoms with Gasteiger partial charge < -0.3 is 14.8 Å². The number of hydrogen-bond acceptors (Lipinski definition) is 7. The number of halogens is 3. The molecule has 1 atom stereocenters. The minimum absolute atomic E-state index is 0.000299. The summed E-state index contributed by atoms with van der Waals surface area (Å²) in [6.45, 7) is 5.66.